The summed E-state index contributed by atoms with van der Waals surface area (Å²) in [5.41, 5.74) is 5.57. The van der Waals surface area contributed by atoms with Gasteiger partial charge in [0.05, 0.1) is 18.4 Å². The Hall–Kier alpha value is -2.43. The highest BCUT2D eigenvalue weighted by molar-refractivity contribution is 6.12. The van der Waals surface area contributed by atoms with Crippen LogP contribution in [-0.4, -0.2) is 12.9 Å². The maximum absolute atomic E-state index is 13.6. The maximum atomic E-state index is 13.6. The lowest BCUT2D eigenvalue weighted by molar-refractivity contribution is 0.103. The molecule has 2 aromatic rings. The van der Waals surface area contributed by atoms with Crippen LogP contribution in [0.4, 0.5) is 14.5 Å². The van der Waals surface area contributed by atoms with Crippen molar-refractivity contribution in [3.05, 3.63) is 59.2 Å². The first-order valence-electron chi connectivity index (χ1n) is 5.47. The summed E-state index contributed by atoms with van der Waals surface area (Å²) in [5.74, 6) is -1.86. The van der Waals surface area contributed by atoms with E-state index in [1.54, 1.807) is 12.1 Å². The van der Waals surface area contributed by atoms with E-state index in [9.17, 15) is 13.6 Å². The number of benzene rings is 2. The normalized spacial score (nSPS) is 10.3. The molecule has 0 fully saturated rings. The largest absolute Gasteiger partial charge is 0.495 e. The Morgan fingerprint density at radius 2 is 1.89 bits per heavy atom. The van der Waals surface area contributed by atoms with E-state index in [1.807, 2.05) is 0 Å². The van der Waals surface area contributed by atoms with Crippen LogP contribution in [0.1, 0.15) is 15.9 Å². The molecule has 0 saturated carbocycles. The second-order valence-corrected chi connectivity index (χ2v) is 3.87. The summed E-state index contributed by atoms with van der Waals surface area (Å²) in [7, 11) is 1.41. The van der Waals surface area contributed by atoms with Crippen molar-refractivity contribution in [1.29, 1.82) is 0 Å². The first-order valence-corrected chi connectivity index (χ1v) is 5.47. The Morgan fingerprint density at radius 3 is 2.58 bits per heavy atom. The number of nitrogen functional groups attached to an aromatic ring is 1. The molecule has 0 aliphatic rings. The molecule has 2 rings (SSSR count). The van der Waals surface area contributed by atoms with Gasteiger partial charge < -0.3 is 10.5 Å². The third kappa shape index (κ3) is 2.40. The van der Waals surface area contributed by atoms with Crippen LogP contribution in [0.3, 0.4) is 0 Å². The van der Waals surface area contributed by atoms with Crippen molar-refractivity contribution in [3.8, 4) is 5.75 Å². The van der Waals surface area contributed by atoms with E-state index < -0.39 is 17.4 Å². The van der Waals surface area contributed by atoms with Crippen molar-refractivity contribution >= 4 is 11.5 Å². The lowest BCUT2D eigenvalue weighted by Gasteiger charge is -2.09. The Labute approximate surface area is 108 Å². The number of carbonyl (C=O) groups is 1. The Kier molecular flexibility index (Phi) is 3.46. The zero-order valence-electron chi connectivity index (χ0n) is 10.1. The van der Waals surface area contributed by atoms with Crippen molar-refractivity contribution in [1.82, 2.24) is 0 Å². The monoisotopic (exact) mass is 263 g/mol. The highest BCUT2D eigenvalue weighted by atomic mass is 19.1. The average Bonchev–Trinajstić information content (AvgIpc) is 2.41. The number of nitrogens with two attached hydrogens (primary N) is 1. The van der Waals surface area contributed by atoms with Gasteiger partial charge in [-0.25, -0.2) is 8.78 Å². The lowest BCUT2D eigenvalue weighted by Crippen LogP contribution is -2.09. The zero-order valence-corrected chi connectivity index (χ0v) is 10.1. The van der Waals surface area contributed by atoms with Crippen LogP contribution < -0.4 is 10.5 Å². The van der Waals surface area contributed by atoms with Gasteiger partial charge in [-0.15, -0.1) is 0 Å². The Balaban J connectivity index is 2.53. The minimum Gasteiger partial charge on any atom is -0.495 e. The van der Waals surface area contributed by atoms with Crippen molar-refractivity contribution in [2.24, 2.45) is 0 Å². The first-order chi connectivity index (χ1) is 9.04. The topological polar surface area (TPSA) is 52.3 Å². The molecule has 98 valence electrons. The average molecular weight is 263 g/mol. The van der Waals surface area contributed by atoms with Gasteiger partial charge in [0.15, 0.2) is 5.78 Å². The van der Waals surface area contributed by atoms with Crippen molar-refractivity contribution < 1.29 is 18.3 Å². The predicted octanol–water partition coefficient (Wildman–Crippen LogP) is 2.79. The van der Waals surface area contributed by atoms with Crippen LogP contribution in [0, 0.1) is 11.6 Å². The number of carbonyl (C=O) groups excluding carboxylic acids is 1. The molecule has 0 atom stereocenters. The number of ketones is 1. The molecule has 0 saturated heterocycles. The molecule has 0 amide bonds. The number of para-hydroxylation sites is 1. The van der Waals surface area contributed by atoms with E-state index >= 15 is 0 Å². The van der Waals surface area contributed by atoms with Crippen LogP contribution in [0.2, 0.25) is 0 Å². The Bertz CT molecular complexity index is 641. The van der Waals surface area contributed by atoms with E-state index in [-0.39, 0.29) is 16.8 Å². The lowest BCUT2D eigenvalue weighted by atomic mass is 10.0. The third-order valence-electron chi connectivity index (χ3n) is 2.70. The SMILES string of the molecule is COc1cccc(C(=O)c2cc(F)ccc2F)c1N. The zero-order chi connectivity index (χ0) is 14.0. The van der Waals surface area contributed by atoms with Gasteiger partial charge in [0.25, 0.3) is 0 Å². The number of ether oxygens (including phenoxy) is 1. The molecular weight excluding hydrogens is 252 g/mol. The molecular formula is C14H11F2NO2. The van der Waals surface area contributed by atoms with Gasteiger partial charge in [-0.05, 0) is 30.3 Å². The van der Waals surface area contributed by atoms with Crippen LogP contribution in [0.15, 0.2) is 36.4 Å². The van der Waals surface area contributed by atoms with Gasteiger partial charge in [-0.2, -0.15) is 0 Å². The number of hydrogen-bond donors (Lipinski definition) is 1. The van der Waals surface area contributed by atoms with E-state index in [0.717, 1.165) is 18.2 Å². The number of methoxy groups -OCH3 is 1. The van der Waals surface area contributed by atoms with Crippen molar-refractivity contribution in [3.63, 3.8) is 0 Å². The fraction of sp³-hybridized carbons (Fsp3) is 0.0714. The van der Waals surface area contributed by atoms with Crippen LogP contribution in [0.25, 0.3) is 0 Å². The summed E-state index contributed by atoms with van der Waals surface area (Å²) < 4.78 is 31.6. The van der Waals surface area contributed by atoms with Gasteiger partial charge >= 0.3 is 0 Å². The highest BCUT2D eigenvalue weighted by Crippen LogP contribution is 2.27. The van der Waals surface area contributed by atoms with E-state index in [1.165, 1.54) is 13.2 Å². The molecule has 3 nitrogen and oxygen atoms in total. The van der Waals surface area contributed by atoms with Gasteiger partial charge in [-0.3, -0.25) is 4.79 Å². The standard InChI is InChI=1S/C14H11F2NO2/c1-19-12-4-2-3-9(13(12)17)14(18)10-7-8(15)5-6-11(10)16/h2-7H,17H2,1H3. The smallest absolute Gasteiger partial charge is 0.198 e. The summed E-state index contributed by atoms with van der Waals surface area (Å²) in [5, 5.41) is 0. The Morgan fingerprint density at radius 1 is 1.16 bits per heavy atom. The van der Waals surface area contributed by atoms with Gasteiger partial charge in [-0.1, -0.05) is 6.07 Å². The van der Waals surface area contributed by atoms with E-state index in [2.05, 4.69) is 0 Å². The molecule has 0 aliphatic carbocycles. The van der Waals surface area contributed by atoms with Crippen molar-refractivity contribution in [2.75, 3.05) is 12.8 Å². The molecule has 0 bridgehead atoms. The van der Waals surface area contributed by atoms with Crippen LogP contribution in [-0.2, 0) is 0 Å². The fourth-order valence-electron chi connectivity index (χ4n) is 1.74. The van der Waals surface area contributed by atoms with Gasteiger partial charge in [0.1, 0.15) is 17.4 Å². The molecule has 0 heterocycles. The minimum absolute atomic E-state index is 0.0730. The molecule has 2 aromatic carbocycles. The minimum atomic E-state index is -0.798. The molecule has 0 radical (unpaired) electrons. The summed E-state index contributed by atoms with van der Waals surface area (Å²) in [6.07, 6.45) is 0. The molecule has 19 heavy (non-hydrogen) atoms. The number of anilines is 1. The summed E-state index contributed by atoms with van der Waals surface area (Å²) in [4.78, 5) is 12.2. The third-order valence-corrected chi connectivity index (χ3v) is 2.70. The highest BCUT2D eigenvalue weighted by Gasteiger charge is 2.18. The van der Waals surface area contributed by atoms with E-state index in [4.69, 9.17) is 10.5 Å². The van der Waals surface area contributed by atoms with Crippen molar-refractivity contribution in [2.45, 2.75) is 0 Å². The van der Waals surface area contributed by atoms with Gasteiger partial charge in [0.2, 0.25) is 0 Å². The summed E-state index contributed by atoms with van der Waals surface area (Å²) >= 11 is 0. The van der Waals surface area contributed by atoms with Gasteiger partial charge in [0, 0.05) is 5.56 Å². The first kappa shape index (κ1) is 13.0. The number of rotatable bonds is 3. The number of hydrogen-bond acceptors (Lipinski definition) is 3. The summed E-state index contributed by atoms with van der Waals surface area (Å²) in [6, 6.07) is 7.26. The molecule has 0 unspecified atom stereocenters. The van der Waals surface area contributed by atoms with E-state index in [0.29, 0.717) is 5.75 Å². The second kappa shape index (κ2) is 5.06. The number of halogens is 2. The molecule has 5 heteroatoms. The second-order valence-electron chi connectivity index (χ2n) is 3.87. The predicted molar refractivity (Wildman–Crippen MR) is 67.2 cm³/mol. The maximum Gasteiger partial charge on any atom is 0.198 e. The molecule has 0 aromatic heterocycles. The van der Waals surface area contributed by atoms with Crippen LogP contribution in [0.5, 0.6) is 5.75 Å². The molecule has 0 aliphatic heterocycles. The molecule has 0 spiro atoms. The van der Waals surface area contributed by atoms with Crippen LogP contribution >= 0.6 is 0 Å². The summed E-state index contributed by atoms with van der Waals surface area (Å²) in [6.45, 7) is 0. The fourth-order valence-corrected chi connectivity index (χ4v) is 1.74. The molecule has 2 N–H and O–H groups in total. The quantitative estimate of drug-likeness (QED) is 0.684.